The van der Waals surface area contributed by atoms with Gasteiger partial charge in [0.25, 0.3) is 0 Å². The number of hydrogen-bond acceptors (Lipinski definition) is 4. The van der Waals surface area contributed by atoms with Gasteiger partial charge in [-0.25, -0.2) is 22.4 Å². The largest absolute Gasteiger partial charge is 0.478 e. The van der Waals surface area contributed by atoms with Crippen LogP contribution in [0.15, 0.2) is 46.9 Å². The minimum atomic E-state index is -1.71. The van der Waals surface area contributed by atoms with E-state index in [2.05, 4.69) is 5.32 Å². The number of aliphatic carboxylic acids is 1. The van der Waals surface area contributed by atoms with Crippen molar-refractivity contribution < 1.29 is 37.1 Å². The SMILES string of the molecule is C/C(=C\C(=O)Nc1ccc(S[C@@H](C)C(=O)Nc2c(F)c(F)cc(F)c2F)cc1)C(=O)O. The maximum atomic E-state index is 13.7. The van der Waals surface area contributed by atoms with Crippen molar-refractivity contribution in [1.82, 2.24) is 0 Å². The minimum Gasteiger partial charge on any atom is -0.478 e. The van der Waals surface area contributed by atoms with Gasteiger partial charge in [0.05, 0.1) is 5.25 Å². The molecule has 0 bridgehead atoms. The molecule has 0 heterocycles. The molecule has 3 N–H and O–H groups in total. The summed E-state index contributed by atoms with van der Waals surface area (Å²) in [5, 5.41) is 12.2. The molecule has 31 heavy (non-hydrogen) atoms. The molecule has 2 aromatic carbocycles. The molecule has 2 aromatic rings. The number of benzene rings is 2. The molecule has 0 aliphatic carbocycles. The van der Waals surface area contributed by atoms with E-state index in [0.717, 1.165) is 17.8 Å². The molecule has 0 fully saturated rings. The Kier molecular flexibility index (Phi) is 7.81. The standard InChI is InChI=1S/C20H16F4N2O4S/c1-9(20(29)30)7-15(27)25-11-3-5-12(6-4-11)31-10(2)19(28)26-18-16(23)13(21)8-14(22)17(18)24/h3-8,10H,1-2H3,(H,25,27)(H,26,28)(H,29,30)/b9-7+/t10-/m0/s1. The van der Waals surface area contributed by atoms with Crippen LogP contribution in [0.3, 0.4) is 0 Å². The van der Waals surface area contributed by atoms with Crippen molar-refractivity contribution >= 4 is 40.9 Å². The molecule has 0 spiro atoms. The van der Waals surface area contributed by atoms with Crippen LogP contribution in [0.25, 0.3) is 0 Å². The number of carboxylic acids is 1. The van der Waals surface area contributed by atoms with E-state index < -0.39 is 52.0 Å². The summed E-state index contributed by atoms with van der Waals surface area (Å²) in [6.45, 7) is 2.69. The fourth-order valence-corrected chi connectivity index (χ4v) is 3.09. The third-order valence-corrected chi connectivity index (χ3v) is 4.96. The fraction of sp³-hybridized carbons (Fsp3) is 0.150. The van der Waals surface area contributed by atoms with Crippen LogP contribution in [0, 0.1) is 23.3 Å². The van der Waals surface area contributed by atoms with E-state index >= 15 is 0 Å². The predicted molar refractivity (Wildman–Crippen MR) is 107 cm³/mol. The quantitative estimate of drug-likeness (QED) is 0.250. The van der Waals surface area contributed by atoms with Gasteiger partial charge in [0.1, 0.15) is 5.69 Å². The molecule has 1 atom stereocenters. The average Bonchev–Trinajstić information content (AvgIpc) is 2.70. The van der Waals surface area contributed by atoms with Gasteiger partial charge in [0.2, 0.25) is 11.8 Å². The molecule has 0 aliphatic rings. The lowest BCUT2D eigenvalue weighted by Crippen LogP contribution is -2.24. The first kappa shape index (κ1) is 23.9. The molecule has 0 aliphatic heterocycles. The first-order valence-corrected chi connectivity index (χ1v) is 9.50. The van der Waals surface area contributed by atoms with Crippen molar-refractivity contribution in [2.24, 2.45) is 0 Å². The van der Waals surface area contributed by atoms with Crippen LogP contribution in [0.5, 0.6) is 0 Å². The first-order chi connectivity index (χ1) is 14.5. The van der Waals surface area contributed by atoms with Gasteiger partial charge in [-0.2, -0.15) is 0 Å². The number of anilines is 2. The summed E-state index contributed by atoms with van der Waals surface area (Å²) < 4.78 is 53.9. The molecule has 0 unspecified atom stereocenters. The first-order valence-electron chi connectivity index (χ1n) is 8.62. The molecule has 0 aromatic heterocycles. The molecule has 0 saturated heterocycles. The second kappa shape index (κ2) is 10.1. The predicted octanol–water partition coefficient (Wildman–Crippen LogP) is 4.33. The van der Waals surface area contributed by atoms with Gasteiger partial charge in [0.15, 0.2) is 23.3 Å². The van der Waals surface area contributed by atoms with E-state index in [1.165, 1.54) is 26.0 Å². The monoisotopic (exact) mass is 456 g/mol. The molecule has 0 saturated carbocycles. The zero-order valence-corrected chi connectivity index (χ0v) is 17.0. The van der Waals surface area contributed by atoms with Crippen LogP contribution in [0.4, 0.5) is 28.9 Å². The Labute approximate surface area is 178 Å². The van der Waals surface area contributed by atoms with E-state index in [0.29, 0.717) is 10.6 Å². The Bertz CT molecular complexity index is 1030. The lowest BCUT2D eigenvalue weighted by Gasteiger charge is -2.14. The molecule has 164 valence electrons. The highest BCUT2D eigenvalue weighted by atomic mass is 32.2. The number of carbonyl (C=O) groups is 3. The molecule has 0 radical (unpaired) electrons. The van der Waals surface area contributed by atoms with Crippen molar-refractivity contribution in [2.45, 2.75) is 24.0 Å². The lowest BCUT2D eigenvalue weighted by atomic mass is 10.2. The third-order valence-electron chi connectivity index (χ3n) is 3.85. The topological polar surface area (TPSA) is 95.5 Å². The van der Waals surface area contributed by atoms with Crippen molar-refractivity contribution in [3.05, 3.63) is 65.2 Å². The Morgan fingerprint density at radius 2 is 1.55 bits per heavy atom. The summed E-state index contributed by atoms with van der Waals surface area (Å²) in [7, 11) is 0. The molecule has 2 amide bonds. The third kappa shape index (κ3) is 6.32. The van der Waals surface area contributed by atoms with Gasteiger partial charge in [0, 0.05) is 28.3 Å². The maximum absolute atomic E-state index is 13.7. The van der Waals surface area contributed by atoms with Crippen molar-refractivity contribution in [1.29, 1.82) is 0 Å². The highest BCUT2D eigenvalue weighted by Crippen LogP contribution is 2.28. The van der Waals surface area contributed by atoms with Gasteiger partial charge in [-0.1, -0.05) is 0 Å². The van der Waals surface area contributed by atoms with E-state index in [4.69, 9.17) is 5.11 Å². The van der Waals surface area contributed by atoms with E-state index in [1.807, 2.05) is 5.32 Å². The second-order valence-corrected chi connectivity index (χ2v) is 7.65. The smallest absolute Gasteiger partial charge is 0.331 e. The van der Waals surface area contributed by atoms with Crippen molar-refractivity contribution in [3.63, 3.8) is 0 Å². The highest BCUT2D eigenvalue weighted by Gasteiger charge is 2.23. The number of thioether (sulfide) groups is 1. The summed E-state index contributed by atoms with van der Waals surface area (Å²) in [4.78, 5) is 35.2. The van der Waals surface area contributed by atoms with Crippen LogP contribution in [-0.4, -0.2) is 28.1 Å². The number of hydrogen-bond donors (Lipinski definition) is 3. The molecule has 6 nitrogen and oxygen atoms in total. The maximum Gasteiger partial charge on any atom is 0.331 e. The van der Waals surface area contributed by atoms with E-state index in [1.54, 1.807) is 12.1 Å². The second-order valence-electron chi connectivity index (χ2n) is 6.24. The molecule has 11 heteroatoms. The summed E-state index contributed by atoms with van der Waals surface area (Å²) in [5.74, 6) is -9.46. The Morgan fingerprint density at radius 3 is 2.06 bits per heavy atom. The Morgan fingerprint density at radius 1 is 1.00 bits per heavy atom. The number of carbonyl (C=O) groups excluding carboxylic acids is 2. The zero-order valence-electron chi connectivity index (χ0n) is 16.1. The summed E-state index contributed by atoms with van der Waals surface area (Å²) in [6, 6.07) is 6.12. The van der Waals surface area contributed by atoms with Gasteiger partial charge in [-0.3, -0.25) is 9.59 Å². The molecule has 2 rings (SSSR count). The van der Waals surface area contributed by atoms with Crippen LogP contribution in [0.1, 0.15) is 13.8 Å². The van der Waals surface area contributed by atoms with Crippen LogP contribution in [0.2, 0.25) is 0 Å². The summed E-state index contributed by atoms with van der Waals surface area (Å²) in [6.07, 6.45) is 0.922. The summed E-state index contributed by atoms with van der Waals surface area (Å²) in [5.41, 5.74) is -0.992. The highest BCUT2D eigenvalue weighted by molar-refractivity contribution is 8.00. The van der Waals surface area contributed by atoms with E-state index in [9.17, 15) is 31.9 Å². The van der Waals surface area contributed by atoms with Gasteiger partial charge in [-0.05, 0) is 38.1 Å². The Balaban J connectivity index is 2.02. The number of carboxylic acid groups (broad SMARTS) is 1. The minimum absolute atomic E-state index is 0.0393. The van der Waals surface area contributed by atoms with Gasteiger partial charge in [-0.15, -0.1) is 11.8 Å². The molecular weight excluding hydrogens is 440 g/mol. The van der Waals surface area contributed by atoms with Crippen molar-refractivity contribution in [2.75, 3.05) is 10.6 Å². The average molecular weight is 456 g/mol. The van der Waals surface area contributed by atoms with Crippen LogP contribution >= 0.6 is 11.8 Å². The van der Waals surface area contributed by atoms with Crippen molar-refractivity contribution in [3.8, 4) is 0 Å². The number of nitrogens with one attached hydrogen (secondary N) is 2. The number of halogens is 4. The van der Waals surface area contributed by atoms with Gasteiger partial charge >= 0.3 is 5.97 Å². The van der Waals surface area contributed by atoms with Crippen LogP contribution < -0.4 is 10.6 Å². The van der Waals surface area contributed by atoms with Crippen LogP contribution in [-0.2, 0) is 14.4 Å². The molecular formula is C20H16F4N2O4S. The normalized spacial score (nSPS) is 12.3. The Hall–Kier alpha value is -3.34. The fourth-order valence-electron chi connectivity index (χ4n) is 2.22. The van der Waals surface area contributed by atoms with Gasteiger partial charge < -0.3 is 15.7 Å². The number of rotatable bonds is 7. The number of amides is 2. The zero-order chi connectivity index (χ0) is 23.3. The van der Waals surface area contributed by atoms with E-state index in [-0.39, 0.29) is 11.6 Å². The lowest BCUT2D eigenvalue weighted by molar-refractivity contribution is -0.132. The summed E-state index contributed by atoms with van der Waals surface area (Å²) >= 11 is 0.986.